The van der Waals surface area contributed by atoms with Gasteiger partial charge in [0.1, 0.15) is 0 Å². The number of rotatable bonds is 8. The maximum absolute atomic E-state index is 10.5. The number of carbonyl (C=O) groups is 4. The smallest absolute Gasteiger partial charge is 0.330 e. The number of hydrogen-bond donors (Lipinski definition) is 6. The molecule has 0 radical (unpaired) electrons. The Hall–Kier alpha value is -3.24. The third-order valence-electron chi connectivity index (χ3n) is 3.00. The molecule has 6 N–H and O–H groups in total. The highest BCUT2D eigenvalue weighted by atomic mass is 16.4. The third kappa shape index (κ3) is 31.5. The van der Waals surface area contributed by atoms with Crippen LogP contribution in [-0.4, -0.2) is 67.2 Å². The number of carboxylic acid groups (broad SMARTS) is 4. The van der Waals surface area contributed by atoms with Crippen LogP contribution in [-0.2, 0) is 19.2 Å². The van der Waals surface area contributed by atoms with Crippen LogP contribution in [0, 0.1) is 5.92 Å². The van der Waals surface area contributed by atoms with E-state index in [0.717, 1.165) is 0 Å². The Bertz CT molecular complexity index is 652. The van der Waals surface area contributed by atoms with Gasteiger partial charge in [-0.25, -0.2) is 19.2 Å². The SMILES string of the molecule is C=C(C)C(=O)O.C=C(C)C(=O)O.CC(=CCC(C)C=C(C)C(=O)O)C(=O)O.CC(O)CO. The topological polar surface area (TPSA) is 190 Å². The molecule has 0 saturated carbocycles. The van der Waals surface area contributed by atoms with E-state index in [2.05, 4.69) is 13.2 Å². The van der Waals surface area contributed by atoms with E-state index in [4.69, 9.17) is 30.6 Å². The quantitative estimate of drug-likeness (QED) is 0.294. The molecular formula is C22H36O10. The van der Waals surface area contributed by atoms with Gasteiger partial charge in [-0.15, -0.1) is 0 Å². The van der Waals surface area contributed by atoms with Gasteiger partial charge in [0.25, 0.3) is 0 Å². The Balaban J connectivity index is -0.000000190. The molecule has 10 heteroatoms. The molecule has 0 saturated heterocycles. The molecule has 0 aliphatic rings. The van der Waals surface area contributed by atoms with Crippen LogP contribution in [0.4, 0.5) is 0 Å². The van der Waals surface area contributed by atoms with Gasteiger partial charge in [0.05, 0.1) is 12.7 Å². The number of carboxylic acids is 4. The van der Waals surface area contributed by atoms with Crippen molar-refractivity contribution in [2.24, 2.45) is 5.92 Å². The molecule has 184 valence electrons. The van der Waals surface area contributed by atoms with Crippen molar-refractivity contribution in [1.29, 1.82) is 0 Å². The minimum atomic E-state index is -0.944. The van der Waals surface area contributed by atoms with Gasteiger partial charge in [-0.3, -0.25) is 0 Å². The molecule has 0 rings (SSSR count). The number of aliphatic hydroxyl groups excluding tert-OH is 2. The molecule has 0 aromatic heterocycles. The second-order valence-corrected chi connectivity index (χ2v) is 6.76. The second-order valence-electron chi connectivity index (χ2n) is 6.76. The first-order valence-electron chi connectivity index (χ1n) is 9.28. The fraction of sp³-hybridized carbons (Fsp3) is 0.455. The van der Waals surface area contributed by atoms with E-state index in [0.29, 0.717) is 6.42 Å². The van der Waals surface area contributed by atoms with Gasteiger partial charge in [0, 0.05) is 22.3 Å². The number of aliphatic hydroxyl groups is 2. The molecule has 2 unspecified atom stereocenters. The van der Waals surface area contributed by atoms with Crippen LogP contribution < -0.4 is 0 Å². The fourth-order valence-corrected chi connectivity index (χ4v) is 1.02. The first-order valence-corrected chi connectivity index (χ1v) is 9.28. The Labute approximate surface area is 188 Å². The molecule has 0 heterocycles. The van der Waals surface area contributed by atoms with Crippen LogP contribution in [0.5, 0.6) is 0 Å². The zero-order chi connectivity index (χ0) is 26.6. The molecular weight excluding hydrogens is 424 g/mol. The first kappa shape index (κ1) is 36.2. The number of allylic oxidation sites excluding steroid dienone is 2. The number of aliphatic carboxylic acids is 4. The minimum Gasteiger partial charge on any atom is -0.478 e. The summed E-state index contributed by atoms with van der Waals surface area (Å²) in [5, 5.41) is 49.0. The van der Waals surface area contributed by atoms with E-state index in [9.17, 15) is 19.2 Å². The van der Waals surface area contributed by atoms with Crippen LogP contribution in [0.1, 0.15) is 48.0 Å². The van der Waals surface area contributed by atoms with Crippen molar-refractivity contribution in [2.75, 3.05) is 6.61 Å². The lowest BCUT2D eigenvalue weighted by Crippen LogP contribution is -2.03. The first-order chi connectivity index (χ1) is 14.4. The predicted molar refractivity (Wildman–Crippen MR) is 120 cm³/mol. The molecule has 0 bridgehead atoms. The van der Waals surface area contributed by atoms with E-state index >= 15 is 0 Å². The third-order valence-corrected chi connectivity index (χ3v) is 3.00. The largest absolute Gasteiger partial charge is 0.478 e. The zero-order valence-corrected chi connectivity index (χ0v) is 19.5. The van der Waals surface area contributed by atoms with Gasteiger partial charge >= 0.3 is 23.9 Å². The second kappa shape index (κ2) is 21.0. The Morgan fingerprint density at radius 1 is 0.750 bits per heavy atom. The van der Waals surface area contributed by atoms with Crippen molar-refractivity contribution in [3.05, 3.63) is 47.6 Å². The van der Waals surface area contributed by atoms with E-state index in [1.54, 1.807) is 12.2 Å². The Morgan fingerprint density at radius 2 is 1.03 bits per heavy atom. The average molecular weight is 461 g/mol. The van der Waals surface area contributed by atoms with Gasteiger partial charge < -0.3 is 30.6 Å². The summed E-state index contributed by atoms with van der Waals surface area (Å²) < 4.78 is 0. The van der Waals surface area contributed by atoms with Crippen molar-refractivity contribution >= 4 is 23.9 Å². The summed E-state index contributed by atoms with van der Waals surface area (Å²) in [5.41, 5.74) is 0.914. The molecule has 0 aromatic rings. The highest BCUT2D eigenvalue weighted by Crippen LogP contribution is 2.10. The lowest BCUT2D eigenvalue weighted by atomic mass is 10.0. The molecule has 0 aliphatic carbocycles. The Kier molecular flexibility index (Phi) is 23.7. The zero-order valence-electron chi connectivity index (χ0n) is 19.5. The van der Waals surface area contributed by atoms with Gasteiger partial charge in [0.2, 0.25) is 0 Å². The number of hydrogen-bond acceptors (Lipinski definition) is 6. The molecule has 0 aromatic carbocycles. The van der Waals surface area contributed by atoms with E-state index in [1.165, 1.54) is 34.6 Å². The molecule has 0 aliphatic heterocycles. The van der Waals surface area contributed by atoms with Crippen molar-refractivity contribution in [3.63, 3.8) is 0 Å². The maximum atomic E-state index is 10.5. The van der Waals surface area contributed by atoms with Gasteiger partial charge in [-0.2, -0.15) is 0 Å². The molecule has 0 fully saturated rings. The monoisotopic (exact) mass is 460 g/mol. The average Bonchev–Trinajstić information content (AvgIpc) is 2.66. The summed E-state index contributed by atoms with van der Waals surface area (Å²) in [6.07, 6.45) is 3.19. The van der Waals surface area contributed by atoms with Gasteiger partial charge in [0.15, 0.2) is 0 Å². The fourth-order valence-electron chi connectivity index (χ4n) is 1.02. The van der Waals surface area contributed by atoms with E-state index in [-0.39, 0.29) is 34.8 Å². The van der Waals surface area contributed by atoms with Crippen LogP contribution in [0.2, 0.25) is 0 Å². The summed E-state index contributed by atoms with van der Waals surface area (Å²) in [6.45, 7) is 15.5. The summed E-state index contributed by atoms with van der Waals surface area (Å²) in [5.74, 6) is -3.73. The van der Waals surface area contributed by atoms with Gasteiger partial charge in [-0.05, 0) is 47.0 Å². The lowest BCUT2D eigenvalue weighted by Gasteiger charge is -2.03. The van der Waals surface area contributed by atoms with Crippen molar-refractivity contribution < 1.29 is 49.8 Å². The summed E-state index contributed by atoms with van der Waals surface area (Å²) in [7, 11) is 0. The van der Waals surface area contributed by atoms with Crippen molar-refractivity contribution in [3.8, 4) is 0 Å². The van der Waals surface area contributed by atoms with Crippen LogP contribution in [0.25, 0.3) is 0 Å². The Morgan fingerprint density at radius 3 is 1.22 bits per heavy atom. The van der Waals surface area contributed by atoms with Crippen molar-refractivity contribution in [1.82, 2.24) is 0 Å². The molecule has 2 atom stereocenters. The normalized spacial score (nSPS) is 12.1. The highest BCUT2D eigenvalue weighted by Gasteiger charge is 2.04. The standard InChI is InChI=1S/C11H16O4.2C4H6O2.C3H8O2/c1-7(6-9(3)11(14)15)4-5-8(2)10(12)13;2*1-3(2)4(5)6;1-3(5)2-4/h5-7H,4H2,1-3H3,(H,12,13)(H,14,15);2*1H2,2H3,(H,5,6);3-5H,2H2,1H3. The highest BCUT2D eigenvalue weighted by molar-refractivity contribution is 5.86. The summed E-state index contributed by atoms with van der Waals surface area (Å²) >= 11 is 0. The van der Waals surface area contributed by atoms with Crippen LogP contribution in [0.3, 0.4) is 0 Å². The van der Waals surface area contributed by atoms with Crippen LogP contribution in [0.15, 0.2) is 47.6 Å². The molecule has 0 amide bonds. The summed E-state index contributed by atoms with van der Waals surface area (Å²) in [6, 6.07) is 0. The minimum absolute atomic E-state index is 0.0235. The van der Waals surface area contributed by atoms with E-state index in [1.807, 2.05) is 6.92 Å². The summed E-state index contributed by atoms with van der Waals surface area (Å²) in [4.78, 5) is 40.2. The lowest BCUT2D eigenvalue weighted by molar-refractivity contribution is -0.133. The molecule has 10 nitrogen and oxygen atoms in total. The predicted octanol–water partition coefficient (Wildman–Crippen LogP) is 2.73. The molecule has 0 spiro atoms. The van der Waals surface area contributed by atoms with E-state index < -0.39 is 30.0 Å². The maximum Gasteiger partial charge on any atom is 0.330 e. The van der Waals surface area contributed by atoms with Crippen LogP contribution >= 0.6 is 0 Å². The van der Waals surface area contributed by atoms with Gasteiger partial charge in [-0.1, -0.05) is 32.2 Å². The molecule has 32 heavy (non-hydrogen) atoms. The van der Waals surface area contributed by atoms with Crippen molar-refractivity contribution in [2.45, 2.75) is 54.1 Å².